The van der Waals surface area contributed by atoms with Gasteiger partial charge in [-0.1, -0.05) is 59.8 Å². The lowest BCUT2D eigenvalue weighted by atomic mass is 10.1. The van der Waals surface area contributed by atoms with E-state index in [2.05, 4.69) is 5.32 Å². The number of amides is 2. The van der Waals surface area contributed by atoms with Crippen LogP contribution >= 0.6 is 23.4 Å². The highest BCUT2D eigenvalue weighted by atomic mass is 35.5. The number of fused-ring (bicyclic) bond motifs is 1. The predicted molar refractivity (Wildman–Crippen MR) is 138 cm³/mol. The van der Waals surface area contributed by atoms with Gasteiger partial charge in [-0.2, -0.15) is 0 Å². The van der Waals surface area contributed by atoms with E-state index in [0.29, 0.717) is 35.2 Å². The van der Waals surface area contributed by atoms with Gasteiger partial charge in [-0.3, -0.25) is 9.59 Å². The topological polar surface area (TPSA) is 58.6 Å². The van der Waals surface area contributed by atoms with Crippen LogP contribution in [0.15, 0.2) is 82.6 Å². The second-order valence-electron chi connectivity index (χ2n) is 7.82. The molecule has 0 fully saturated rings. The molecule has 4 rings (SSSR count). The molecule has 3 aromatic carbocycles. The standard InChI is InChI=1S/C27H25ClN2O3S/c1-33-15-5-14-29-26(31)21-12-10-19(11-13-21)17-25-27(32)30(18-20-6-4-7-22(28)16-20)23-8-2-3-9-24(23)34-25/h2-4,6-13,16-17H,5,14-15,18H2,1H3,(H,29,31)/b25-17+. The quantitative estimate of drug-likeness (QED) is 0.319. The highest BCUT2D eigenvalue weighted by Crippen LogP contribution is 2.42. The van der Waals surface area contributed by atoms with Gasteiger partial charge in [-0.05, 0) is 60.0 Å². The van der Waals surface area contributed by atoms with Crippen molar-refractivity contribution in [2.24, 2.45) is 0 Å². The van der Waals surface area contributed by atoms with Gasteiger partial charge < -0.3 is 15.0 Å². The highest BCUT2D eigenvalue weighted by molar-refractivity contribution is 8.04. The first-order chi connectivity index (χ1) is 16.5. The number of hydrogen-bond donors (Lipinski definition) is 1. The van der Waals surface area contributed by atoms with Crippen molar-refractivity contribution in [3.05, 3.63) is 99.4 Å². The zero-order valence-corrected chi connectivity index (χ0v) is 20.4. The van der Waals surface area contributed by atoms with Gasteiger partial charge in [-0.15, -0.1) is 0 Å². The molecule has 0 atom stereocenters. The van der Waals surface area contributed by atoms with Crippen LogP contribution in [0.3, 0.4) is 0 Å². The second-order valence-corrected chi connectivity index (χ2v) is 9.34. The van der Waals surface area contributed by atoms with E-state index in [0.717, 1.165) is 28.1 Å². The summed E-state index contributed by atoms with van der Waals surface area (Å²) in [7, 11) is 1.64. The van der Waals surface area contributed by atoms with E-state index in [1.165, 1.54) is 11.8 Å². The summed E-state index contributed by atoms with van der Waals surface area (Å²) in [5, 5.41) is 3.52. The van der Waals surface area contributed by atoms with Crippen molar-refractivity contribution in [2.45, 2.75) is 17.9 Å². The van der Waals surface area contributed by atoms with Crippen LogP contribution in [-0.2, 0) is 16.1 Å². The number of para-hydroxylation sites is 1. The molecule has 0 bridgehead atoms. The Morgan fingerprint density at radius 2 is 1.88 bits per heavy atom. The van der Waals surface area contributed by atoms with E-state index in [1.807, 2.05) is 66.7 Å². The van der Waals surface area contributed by atoms with Gasteiger partial charge in [0.15, 0.2) is 0 Å². The number of nitrogens with one attached hydrogen (secondary N) is 1. The number of thioether (sulfide) groups is 1. The molecule has 1 heterocycles. The van der Waals surface area contributed by atoms with Gasteiger partial charge in [0.25, 0.3) is 11.8 Å². The molecule has 0 spiro atoms. The summed E-state index contributed by atoms with van der Waals surface area (Å²) in [6, 6.07) is 22.7. The smallest absolute Gasteiger partial charge is 0.265 e. The SMILES string of the molecule is COCCCNC(=O)c1ccc(/C=C2/Sc3ccccc3N(Cc3cccc(Cl)c3)C2=O)cc1. The summed E-state index contributed by atoms with van der Waals surface area (Å²) in [5.74, 6) is -0.191. The minimum absolute atomic E-state index is 0.0661. The molecule has 5 nitrogen and oxygen atoms in total. The normalized spacial score (nSPS) is 14.2. The minimum Gasteiger partial charge on any atom is -0.385 e. The molecular formula is C27H25ClN2O3S. The lowest BCUT2D eigenvalue weighted by molar-refractivity contribution is -0.114. The van der Waals surface area contributed by atoms with Crippen molar-refractivity contribution in [3.8, 4) is 0 Å². The van der Waals surface area contributed by atoms with Crippen LogP contribution in [0.25, 0.3) is 6.08 Å². The van der Waals surface area contributed by atoms with Gasteiger partial charge >= 0.3 is 0 Å². The fourth-order valence-corrected chi connectivity index (χ4v) is 4.91. The first kappa shape index (κ1) is 24.1. The molecule has 0 unspecified atom stereocenters. The molecule has 0 aromatic heterocycles. The van der Waals surface area contributed by atoms with Crippen LogP contribution in [0.4, 0.5) is 5.69 Å². The third kappa shape index (κ3) is 5.89. The lowest BCUT2D eigenvalue weighted by Crippen LogP contribution is -2.33. The molecule has 1 N–H and O–H groups in total. The fraction of sp³-hybridized carbons (Fsp3) is 0.185. The van der Waals surface area contributed by atoms with Crippen molar-refractivity contribution < 1.29 is 14.3 Å². The van der Waals surface area contributed by atoms with Crippen LogP contribution in [0, 0.1) is 0 Å². The molecular weight excluding hydrogens is 468 g/mol. The monoisotopic (exact) mass is 492 g/mol. The van der Waals surface area contributed by atoms with Crippen molar-refractivity contribution in [1.82, 2.24) is 5.32 Å². The number of rotatable bonds is 8. The summed E-state index contributed by atoms with van der Waals surface area (Å²) < 4.78 is 5.00. The maximum Gasteiger partial charge on any atom is 0.265 e. The largest absolute Gasteiger partial charge is 0.385 e. The number of hydrogen-bond acceptors (Lipinski definition) is 4. The van der Waals surface area contributed by atoms with Crippen molar-refractivity contribution in [3.63, 3.8) is 0 Å². The van der Waals surface area contributed by atoms with Crippen LogP contribution in [-0.4, -0.2) is 32.1 Å². The number of halogens is 1. The summed E-state index contributed by atoms with van der Waals surface area (Å²) in [4.78, 5) is 29.2. The average molecular weight is 493 g/mol. The Hall–Kier alpha value is -3.06. The number of anilines is 1. The van der Waals surface area contributed by atoms with Gasteiger partial charge in [0.05, 0.1) is 17.1 Å². The first-order valence-corrected chi connectivity index (χ1v) is 12.2. The molecule has 0 saturated carbocycles. The van der Waals surface area contributed by atoms with Crippen LogP contribution < -0.4 is 10.2 Å². The summed E-state index contributed by atoms with van der Waals surface area (Å²) >= 11 is 7.62. The molecule has 174 valence electrons. The highest BCUT2D eigenvalue weighted by Gasteiger charge is 2.29. The Labute approximate surface area is 208 Å². The Balaban J connectivity index is 1.54. The number of benzene rings is 3. The Bertz CT molecular complexity index is 1210. The molecule has 1 aliphatic rings. The van der Waals surface area contributed by atoms with Crippen molar-refractivity contribution in [2.75, 3.05) is 25.2 Å². The van der Waals surface area contributed by atoms with Gasteiger partial charge in [0, 0.05) is 35.7 Å². The van der Waals surface area contributed by atoms with Crippen molar-refractivity contribution in [1.29, 1.82) is 0 Å². The number of nitrogens with zero attached hydrogens (tertiary/aromatic N) is 1. The van der Waals surface area contributed by atoms with E-state index < -0.39 is 0 Å². The second kappa shape index (κ2) is 11.4. The van der Waals surface area contributed by atoms with Gasteiger partial charge in [0.1, 0.15) is 0 Å². The average Bonchev–Trinajstić information content (AvgIpc) is 2.85. The maximum atomic E-state index is 13.5. The number of methoxy groups -OCH3 is 1. The predicted octanol–water partition coefficient (Wildman–Crippen LogP) is 5.79. The number of ether oxygens (including phenoxy) is 1. The van der Waals surface area contributed by atoms with E-state index >= 15 is 0 Å². The molecule has 7 heteroatoms. The first-order valence-electron chi connectivity index (χ1n) is 11.0. The van der Waals surface area contributed by atoms with Crippen LogP contribution in [0.2, 0.25) is 5.02 Å². The van der Waals surface area contributed by atoms with Gasteiger partial charge in [0.2, 0.25) is 0 Å². The fourth-order valence-electron chi connectivity index (χ4n) is 3.64. The van der Waals surface area contributed by atoms with E-state index in [9.17, 15) is 9.59 Å². The molecule has 3 aromatic rings. The van der Waals surface area contributed by atoms with Crippen LogP contribution in [0.1, 0.15) is 27.9 Å². The molecule has 0 aliphatic carbocycles. The summed E-state index contributed by atoms with van der Waals surface area (Å²) in [5.41, 5.74) is 3.28. The molecule has 2 amide bonds. The number of carbonyl (C=O) groups is 2. The Morgan fingerprint density at radius 3 is 2.65 bits per heavy atom. The lowest BCUT2D eigenvalue weighted by Gasteiger charge is -2.30. The Morgan fingerprint density at radius 1 is 1.09 bits per heavy atom. The molecule has 0 saturated heterocycles. The zero-order valence-electron chi connectivity index (χ0n) is 18.8. The van der Waals surface area contributed by atoms with Crippen molar-refractivity contribution >= 4 is 46.9 Å². The maximum absolute atomic E-state index is 13.5. The third-order valence-corrected chi connectivity index (χ3v) is 6.66. The van der Waals surface area contributed by atoms with Crippen LogP contribution in [0.5, 0.6) is 0 Å². The van der Waals surface area contributed by atoms with E-state index in [4.69, 9.17) is 16.3 Å². The van der Waals surface area contributed by atoms with E-state index in [1.54, 1.807) is 24.1 Å². The van der Waals surface area contributed by atoms with E-state index in [-0.39, 0.29) is 11.8 Å². The zero-order chi connectivity index (χ0) is 23.9. The minimum atomic E-state index is -0.125. The molecule has 1 aliphatic heterocycles. The van der Waals surface area contributed by atoms with Gasteiger partial charge in [-0.25, -0.2) is 0 Å². The Kier molecular flexibility index (Phi) is 8.06. The summed E-state index contributed by atoms with van der Waals surface area (Å²) in [6.07, 6.45) is 2.63. The summed E-state index contributed by atoms with van der Waals surface area (Å²) in [6.45, 7) is 1.60. The molecule has 34 heavy (non-hydrogen) atoms. The molecule has 0 radical (unpaired) electrons. The third-order valence-electron chi connectivity index (χ3n) is 5.34. The number of carbonyl (C=O) groups excluding carboxylic acids is 2.